The Kier molecular flexibility index (Phi) is 4.57. The van der Waals surface area contributed by atoms with Gasteiger partial charge in [0.2, 0.25) is 11.8 Å². The van der Waals surface area contributed by atoms with Gasteiger partial charge in [0.05, 0.1) is 23.3 Å². The molecular formula is C16H19ClN2O4S. The molecule has 3 atom stereocenters. The fraction of sp³-hybridized carbons (Fsp3) is 0.500. The number of hydrogen-bond donors (Lipinski definition) is 2. The van der Waals surface area contributed by atoms with E-state index in [2.05, 4.69) is 10.6 Å². The summed E-state index contributed by atoms with van der Waals surface area (Å²) in [4.78, 5) is 24.4. The van der Waals surface area contributed by atoms with Crippen molar-refractivity contribution >= 4 is 38.9 Å². The number of carbonyl (C=O) groups excluding carboxylic acids is 2. The first-order valence-corrected chi connectivity index (χ1v) is 10.0. The van der Waals surface area contributed by atoms with E-state index >= 15 is 0 Å². The molecule has 1 aromatic rings. The second-order valence-corrected chi connectivity index (χ2v) is 9.17. The van der Waals surface area contributed by atoms with E-state index in [9.17, 15) is 18.0 Å². The van der Waals surface area contributed by atoms with Crippen LogP contribution in [0.15, 0.2) is 18.2 Å². The number of aryl methyl sites for hydroxylation is 1. The van der Waals surface area contributed by atoms with Gasteiger partial charge in [-0.1, -0.05) is 11.6 Å². The SMILES string of the molecule is Cc1cc(Cl)ccc1NC(=O)C1CC1C(=O)NC1CCS(=O)(=O)C1. The number of sulfone groups is 1. The third kappa shape index (κ3) is 3.89. The molecule has 1 aliphatic carbocycles. The molecule has 2 N–H and O–H groups in total. The van der Waals surface area contributed by atoms with Crippen molar-refractivity contribution in [1.29, 1.82) is 0 Å². The lowest BCUT2D eigenvalue weighted by Crippen LogP contribution is -2.37. The lowest BCUT2D eigenvalue weighted by Gasteiger charge is -2.11. The van der Waals surface area contributed by atoms with E-state index in [1.807, 2.05) is 6.92 Å². The molecule has 1 saturated carbocycles. The first kappa shape index (κ1) is 17.2. The van der Waals surface area contributed by atoms with Crippen molar-refractivity contribution in [1.82, 2.24) is 5.32 Å². The molecule has 0 aromatic heterocycles. The minimum absolute atomic E-state index is 0.00765. The molecule has 0 bridgehead atoms. The fourth-order valence-electron chi connectivity index (χ4n) is 2.98. The molecule has 130 valence electrons. The van der Waals surface area contributed by atoms with Crippen LogP contribution in [0.25, 0.3) is 0 Å². The van der Waals surface area contributed by atoms with Crippen LogP contribution in [0, 0.1) is 18.8 Å². The summed E-state index contributed by atoms with van der Waals surface area (Å²) in [6.07, 6.45) is 0.936. The maximum Gasteiger partial charge on any atom is 0.228 e. The average molecular weight is 371 g/mol. The first-order chi connectivity index (χ1) is 11.2. The summed E-state index contributed by atoms with van der Waals surface area (Å²) in [5, 5.41) is 6.16. The van der Waals surface area contributed by atoms with Crippen LogP contribution in [-0.4, -0.2) is 37.8 Å². The quantitative estimate of drug-likeness (QED) is 0.840. The number of benzene rings is 1. The van der Waals surface area contributed by atoms with Gasteiger partial charge in [-0.25, -0.2) is 8.42 Å². The standard InChI is InChI=1S/C16H19ClN2O4S/c1-9-6-10(17)2-3-14(9)19-16(21)13-7-12(13)15(20)18-11-4-5-24(22,23)8-11/h2-3,6,11-13H,4-5,7-8H2,1H3,(H,18,20)(H,19,21). The molecule has 6 nitrogen and oxygen atoms in total. The number of amides is 2. The Bertz CT molecular complexity index is 793. The number of halogens is 1. The van der Waals surface area contributed by atoms with Crippen molar-refractivity contribution in [2.24, 2.45) is 11.8 Å². The van der Waals surface area contributed by atoms with Gasteiger partial charge >= 0.3 is 0 Å². The number of anilines is 1. The van der Waals surface area contributed by atoms with Gasteiger partial charge in [0, 0.05) is 16.8 Å². The third-order valence-electron chi connectivity index (χ3n) is 4.49. The van der Waals surface area contributed by atoms with Crippen molar-refractivity contribution in [3.8, 4) is 0 Å². The number of nitrogens with one attached hydrogen (secondary N) is 2. The minimum Gasteiger partial charge on any atom is -0.352 e. The zero-order chi connectivity index (χ0) is 17.5. The second-order valence-electron chi connectivity index (χ2n) is 6.51. The molecular weight excluding hydrogens is 352 g/mol. The molecule has 2 amide bonds. The van der Waals surface area contributed by atoms with Crippen LogP contribution >= 0.6 is 11.6 Å². The Labute approximate surface area is 145 Å². The fourth-order valence-corrected chi connectivity index (χ4v) is 4.88. The van der Waals surface area contributed by atoms with Gasteiger partial charge in [-0.15, -0.1) is 0 Å². The molecule has 0 radical (unpaired) electrons. The summed E-state index contributed by atoms with van der Waals surface area (Å²) in [6.45, 7) is 1.85. The van der Waals surface area contributed by atoms with E-state index < -0.39 is 9.84 Å². The number of carbonyl (C=O) groups is 2. The van der Waals surface area contributed by atoms with Crippen LogP contribution in [0.5, 0.6) is 0 Å². The Morgan fingerprint density at radius 1 is 1.21 bits per heavy atom. The van der Waals surface area contributed by atoms with Gasteiger partial charge in [-0.3, -0.25) is 9.59 Å². The summed E-state index contributed by atoms with van der Waals surface area (Å²) in [5.41, 5.74) is 1.53. The molecule has 0 spiro atoms. The van der Waals surface area contributed by atoms with Crippen LogP contribution in [0.2, 0.25) is 5.02 Å². The van der Waals surface area contributed by atoms with Crippen LogP contribution in [0.1, 0.15) is 18.4 Å². The van der Waals surface area contributed by atoms with Crippen molar-refractivity contribution in [3.05, 3.63) is 28.8 Å². The maximum absolute atomic E-state index is 12.2. The highest BCUT2D eigenvalue weighted by atomic mass is 35.5. The highest BCUT2D eigenvalue weighted by molar-refractivity contribution is 7.91. The Hall–Kier alpha value is -1.60. The smallest absolute Gasteiger partial charge is 0.228 e. The highest BCUT2D eigenvalue weighted by Crippen LogP contribution is 2.40. The molecule has 1 aromatic carbocycles. The lowest BCUT2D eigenvalue weighted by atomic mass is 10.2. The lowest BCUT2D eigenvalue weighted by molar-refractivity contribution is -0.125. The monoisotopic (exact) mass is 370 g/mol. The van der Waals surface area contributed by atoms with Crippen molar-refractivity contribution < 1.29 is 18.0 Å². The van der Waals surface area contributed by atoms with E-state index in [0.717, 1.165) is 5.56 Å². The van der Waals surface area contributed by atoms with Crippen molar-refractivity contribution in [3.63, 3.8) is 0 Å². The highest BCUT2D eigenvalue weighted by Gasteiger charge is 2.48. The van der Waals surface area contributed by atoms with Crippen LogP contribution in [-0.2, 0) is 19.4 Å². The van der Waals surface area contributed by atoms with Crippen LogP contribution < -0.4 is 10.6 Å². The molecule has 2 aliphatic rings. The summed E-state index contributed by atoms with van der Waals surface area (Å²) >= 11 is 5.89. The first-order valence-electron chi connectivity index (χ1n) is 7.83. The second kappa shape index (κ2) is 6.37. The largest absolute Gasteiger partial charge is 0.352 e. The zero-order valence-corrected chi connectivity index (χ0v) is 14.8. The molecule has 2 fully saturated rings. The van der Waals surface area contributed by atoms with E-state index in [1.54, 1.807) is 18.2 Å². The summed E-state index contributed by atoms with van der Waals surface area (Å²) in [6, 6.07) is 4.86. The Morgan fingerprint density at radius 3 is 2.54 bits per heavy atom. The molecule has 8 heteroatoms. The maximum atomic E-state index is 12.2. The zero-order valence-electron chi connectivity index (χ0n) is 13.2. The molecule has 1 aliphatic heterocycles. The summed E-state index contributed by atoms with van der Waals surface area (Å²) in [5.74, 6) is -1.06. The van der Waals surface area contributed by atoms with Gasteiger partial charge in [-0.2, -0.15) is 0 Å². The van der Waals surface area contributed by atoms with E-state index in [0.29, 0.717) is 23.6 Å². The molecule has 1 heterocycles. The molecule has 24 heavy (non-hydrogen) atoms. The predicted molar refractivity (Wildman–Crippen MR) is 91.6 cm³/mol. The third-order valence-corrected chi connectivity index (χ3v) is 6.49. The van der Waals surface area contributed by atoms with Gasteiger partial charge in [0.1, 0.15) is 0 Å². The van der Waals surface area contributed by atoms with Gasteiger partial charge in [-0.05, 0) is 43.5 Å². The molecule has 3 rings (SSSR count). The van der Waals surface area contributed by atoms with Crippen LogP contribution in [0.4, 0.5) is 5.69 Å². The van der Waals surface area contributed by atoms with Crippen molar-refractivity contribution in [2.75, 3.05) is 16.8 Å². The Morgan fingerprint density at radius 2 is 1.92 bits per heavy atom. The van der Waals surface area contributed by atoms with Crippen LogP contribution in [0.3, 0.4) is 0 Å². The van der Waals surface area contributed by atoms with E-state index in [1.165, 1.54) is 0 Å². The van der Waals surface area contributed by atoms with E-state index in [4.69, 9.17) is 11.6 Å². The topological polar surface area (TPSA) is 92.3 Å². The van der Waals surface area contributed by atoms with Crippen molar-refractivity contribution in [2.45, 2.75) is 25.8 Å². The Balaban J connectivity index is 1.53. The number of rotatable bonds is 4. The molecule has 1 saturated heterocycles. The normalized spacial score (nSPS) is 27.5. The summed E-state index contributed by atoms with van der Waals surface area (Å²) < 4.78 is 22.8. The average Bonchev–Trinajstić information content (AvgIpc) is 3.22. The van der Waals surface area contributed by atoms with Gasteiger partial charge in [0.15, 0.2) is 9.84 Å². The van der Waals surface area contributed by atoms with E-state index in [-0.39, 0.29) is 41.2 Å². The predicted octanol–water partition coefficient (Wildman–Crippen LogP) is 1.53. The summed E-state index contributed by atoms with van der Waals surface area (Å²) in [7, 11) is -3.03. The minimum atomic E-state index is -3.03. The van der Waals surface area contributed by atoms with Gasteiger partial charge < -0.3 is 10.6 Å². The van der Waals surface area contributed by atoms with Gasteiger partial charge in [0.25, 0.3) is 0 Å². The molecule has 3 unspecified atom stereocenters. The number of hydrogen-bond acceptors (Lipinski definition) is 4.